The molecule has 3 aromatic carbocycles. The quantitative estimate of drug-likeness (QED) is 0.547. The molecule has 0 unspecified atom stereocenters. The second-order valence-corrected chi connectivity index (χ2v) is 6.53. The van der Waals surface area contributed by atoms with Gasteiger partial charge >= 0.3 is 0 Å². The minimum absolute atomic E-state index is 0.237. The molecule has 0 bridgehead atoms. The number of aryl methyl sites for hydroxylation is 1. The van der Waals surface area contributed by atoms with E-state index < -0.39 is 28.9 Å². The van der Waals surface area contributed by atoms with Gasteiger partial charge in [-0.15, -0.1) is 0 Å². The van der Waals surface area contributed by atoms with Crippen molar-refractivity contribution in [1.82, 2.24) is 9.55 Å². The fourth-order valence-corrected chi connectivity index (χ4v) is 3.20. The summed E-state index contributed by atoms with van der Waals surface area (Å²) in [6.07, 6.45) is 0. The largest absolute Gasteiger partial charge is 0.319 e. The molecule has 0 saturated heterocycles. The molecular formula is C22H14F3N3O2. The van der Waals surface area contributed by atoms with Crippen molar-refractivity contribution in [1.29, 1.82) is 0 Å². The van der Waals surface area contributed by atoms with E-state index in [1.807, 2.05) is 0 Å². The van der Waals surface area contributed by atoms with Gasteiger partial charge in [-0.2, -0.15) is 0 Å². The number of carbonyl (C=O) groups is 1. The van der Waals surface area contributed by atoms with Gasteiger partial charge in [-0.3, -0.25) is 14.2 Å². The molecule has 0 spiro atoms. The molecule has 0 atom stereocenters. The van der Waals surface area contributed by atoms with Crippen molar-refractivity contribution in [2.45, 2.75) is 6.92 Å². The van der Waals surface area contributed by atoms with Gasteiger partial charge in [0.2, 0.25) is 0 Å². The van der Waals surface area contributed by atoms with Crippen molar-refractivity contribution in [2.24, 2.45) is 0 Å². The lowest BCUT2D eigenvalue weighted by atomic mass is 10.1. The molecule has 0 aliphatic rings. The third-order valence-corrected chi connectivity index (χ3v) is 4.59. The molecule has 4 rings (SSSR count). The second-order valence-electron chi connectivity index (χ2n) is 6.53. The van der Waals surface area contributed by atoms with Gasteiger partial charge in [-0.1, -0.05) is 18.2 Å². The van der Waals surface area contributed by atoms with Gasteiger partial charge < -0.3 is 5.32 Å². The Kier molecular flexibility index (Phi) is 4.83. The molecule has 0 saturated carbocycles. The Labute approximate surface area is 168 Å². The van der Waals surface area contributed by atoms with Crippen molar-refractivity contribution in [3.63, 3.8) is 0 Å². The molecule has 30 heavy (non-hydrogen) atoms. The molecule has 150 valence electrons. The molecule has 0 aliphatic heterocycles. The number of nitrogens with one attached hydrogen (secondary N) is 1. The first-order valence-corrected chi connectivity index (χ1v) is 8.90. The summed E-state index contributed by atoms with van der Waals surface area (Å²) in [5, 5.41) is 2.53. The molecular weight excluding hydrogens is 395 g/mol. The predicted molar refractivity (Wildman–Crippen MR) is 106 cm³/mol. The number of nitrogens with zero attached hydrogens (tertiary/aromatic N) is 2. The highest BCUT2D eigenvalue weighted by molar-refractivity contribution is 6.04. The third kappa shape index (κ3) is 3.32. The highest BCUT2D eigenvalue weighted by Gasteiger charge is 2.19. The van der Waals surface area contributed by atoms with Crippen molar-refractivity contribution < 1.29 is 18.0 Å². The minimum Gasteiger partial charge on any atom is -0.319 e. The van der Waals surface area contributed by atoms with E-state index in [1.165, 1.54) is 16.7 Å². The fraction of sp³-hybridized carbons (Fsp3) is 0.0455. The lowest BCUT2D eigenvalue weighted by molar-refractivity contribution is 0.101. The Morgan fingerprint density at radius 1 is 0.933 bits per heavy atom. The number of carbonyl (C=O) groups excluding carboxylic acids is 1. The van der Waals surface area contributed by atoms with Crippen LogP contribution in [-0.2, 0) is 0 Å². The number of fused-ring (bicyclic) bond motifs is 1. The van der Waals surface area contributed by atoms with Crippen molar-refractivity contribution >= 4 is 22.5 Å². The number of hydrogen-bond donors (Lipinski definition) is 1. The van der Waals surface area contributed by atoms with Gasteiger partial charge in [0.05, 0.1) is 22.3 Å². The summed E-state index contributed by atoms with van der Waals surface area (Å²) in [4.78, 5) is 29.6. The lowest BCUT2D eigenvalue weighted by Crippen LogP contribution is -2.23. The van der Waals surface area contributed by atoms with Crippen LogP contribution in [0.3, 0.4) is 0 Å². The van der Waals surface area contributed by atoms with Gasteiger partial charge in [0.15, 0.2) is 0 Å². The molecule has 4 aromatic rings. The first kappa shape index (κ1) is 19.4. The zero-order valence-electron chi connectivity index (χ0n) is 15.6. The SMILES string of the molecule is Cc1nc2ccccc2c(=O)n1-c1ccc(F)c(NC(=O)c2c(F)cccc2F)c1. The smallest absolute Gasteiger partial charge is 0.265 e. The summed E-state index contributed by atoms with van der Waals surface area (Å²) >= 11 is 0. The van der Waals surface area contributed by atoms with Crippen LogP contribution in [0.4, 0.5) is 18.9 Å². The monoisotopic (exact) mass is 409 g/mol. The fourth-order valence-electron chi connectivity index (χ4n) is 3.20. The number of benzene rings is 3. The summed E-state index contributed by atoms with van der Waals surface area (Å²) in [5.41, 5.74) is -0.784. The van der Waals surface area contributed by atoms with Crippen LogP contribution < -0.4 is 10.9 Å². The molecule has 8 heteroatoms. The number of hydrogen-bond acceptors (Lipinski definition) is 3. The number of rotatable bonds is 3. The molecule has 1 heterocycles. The summed E-state index contributed by atoms with van der Waals surface area (Å²) < 4.78 is 43.3. The van der Waals surface area contributed by atoms with Crippen LogP contribution in [0.15, 0.2) is 65.5 Å². The third-order valence-electron chi connectivity index (χ3n) is 4.59. The van der Waals surface area contributed by atoms with Gasteiger partial charge in [-0.25, -0.2) is 18.2 Å². The molecule has 0 fully saturated rings. The van der Waals surface area contributed by atoms with E-state index in [4.69, 9.17) is 0 Å². The topological polar surface area (TPSA) is 64.0 Å². The molecule has 5 nitrogen and oxygen atoms in total. The first-order valence-electron chi connectivity index (χ1n) is 8.90. The number of anilines is 1. The van der Waals surface area contributed by atoms with Crippen LogP contribution in [0.2, 0.25) is 0 Å². The Bertz CT molecular complexity index is 1350. The highest BCUT2D eigenvalue weighted by Crippen LogP contribution is 2.22. The summed E-state index contributed by atoms with van der Waals surface area (Å²) in [5.74, 6) is -3.78. The van der Waals surface area contributed by atoms with Gasteiger partial charge in [-0.05, 0) is 49.4 Å². The zero-order valence-corrected chi connectivity index (χ0v) is 15.6. The van der Waals surface area contributed by atoms with Crippen LogP contribution in [0.25, 0.3) is 16.6 Å². The number of halogens is 3. The van der Waals surface area contributed by atoms with Crippen molar-refractivity contribution in [3.05, 3.63) is 99.9 Å². The zero-order chi connectivity index (χ0) is 21.4. The molecule has 1 amide bonds. The van der Waals surface area contributed by atoms with Crippen LogP contribution in [0, 0.1) is 24.4 Å². The van der Waals surface area contributed by atoms with Gasteiger partial charge in [0.25, 0.3) is 11.5 Å². The van der Waals surface area contributed by atoms with E-state index in [0.717, 1.165) is 24.3 Å². The van der Waals surface area contributed by atoms with E-state index >= 15 is 0 Å². The Morgan fingerprint density at radius 3 is 2.37 bits per heavy atom. The normalized spacial score (nSPS) is 10.9. The van der Waals surface area contributed by atoms with Crippen LogP contribution in [0.5, 0.6) is 0 Å². The van der Waals surface area contributed by atoms with Crippen molar-refractivity contribution in [2.75, 3.05) is 5.32 Å². The first-order chi connectivity index (χ1) is 14.4. The average molecular weight is 409 g/mol. The summed E-state index contributed by atoms with van der Waals surface area (Å²) in [6, 6.07) is 13.3. The van der Waals surface area contributed by atoms with Crippen LogP contribution >= 0.6 is 0 Å². The van der Waals surface area contributed by atoms with E-state index in [0.29, 0.717) is 16.7 Å². The maximum atomic E-state index is 14.3. The van der Waals surface area contributed by atoms with E-state index in [1.54, 1.807) is 31.2 Å². The van der Waals surface area contributed by atoms with Gasteiger partial charge in [0.1, 0.15) is 28.8 Å². The molecule has 1 N–H and O–H groups in total. The molecule has 0 radical (unpaired) electrons. The highest BCUT2D eigenvalue weighted by atomic mass is 19.1. The maximum Gasteiger partial charge on any atom is 0.265 e. The van der Waals surface area contributed by atoms with E-state index in [2.05, 4.69) is 10.3 Å². The summed E-state index contributed by atoms with van der Waals surface area (Å²) in [6.45, 7) is 1.62. The Balaban J connectivity index is 1.79. The average Bonchev–Trinajstić information content (AvgIpc) is 2.70. The summed E-state index contributed by atoms with van der Waals surface area (Å²) in [7, 11) is 0. The predicted octanol–water partition coefficient (Wildman–Crippen LogP) is 4.36. The Hall–Kier alpha value is -3.94. The number of amides is 1. The van der Waals surface area contributed by atoms with Crippen LogP contribution in [0.1, 0.15) is 16.2 Å². The standard InChI is InChI=1S/C22H14F3N3O2/c1-12-26-18-8-3-2-5-14(18)22(30)28(12)13-9-10-15(23)19(11-13)27-21(29)20-16(24)6-4-7-17(20)25/h2-11H,1H3,(H,27,29). The van der Waals surface area contributed by atoms with Crippen LogP contribution in [-0.4, -0.2) is 15.5 Å². The molecule has 1 aromatic heterocycles. The van der Waals surface area contributed by atoms with E-state index in [-0.39, 0.29) is 16.9 Å². The minimum atomic E-state index is -1.15. The Morgan fingerprint density at radius 2 is 1.63 bits per heavy atom. The van der Waals surface area contributed by atoms with E-state index in [9.17, 15) is 22.8 Å². The molecule has 0 aliphatic carbocycles. The van der Waals surface area contributed by atoms with Crippen molar-refractivity contribution in [3.8, 4) is 5.69 Å². The second kappa shape index (κ2) is 7.47. The maximum absolute atomic E-state index is 14.3. The van der Waals surface area contributed by atoms with Gasteiger partial charge in [0, 0.05) is 0 Å². The number of para-hydroxylation sites is 1. The lowest BCUT2D eigenvalue weighted by Gasteiger charge is -2.13. The number of aromatic nitrogens is 2.